The molecule has 0 unspecified atom stereocenters. The zero-order valence-corrected chi connectivity index (χ0v) is 14.0. The van der Waals surface area contributed by atoms with E-state index in [1.165, 1.54) is 0 Å². The first-order valence-corrected chi connectivity index (χ1v) is 8.05. The molecule has 2 N–H and O–H groups in total. The Labute approximate surface area is 141 Å². The maximum absolute atomic E-state index is 8.73. The summed E-state index contributed by atoms with van der Waals surface area (Å²) >= 11 is 0. The van der Waals surface area contributed by atoms with E-state index in [4.69, 9.17) is 14.9 Å². The molecule has 0 fully saturated rings. The highest BCUT2D eigenvalue weighted by atomic mass is 16.5. The van der Waals surface area contributed by atoms with Crippen LogP contribution in [-0.4, -0.2) is 46.1 Å². The highest BCUT2D eigenvalue weighted by molar-refractivity contribution is 5.71. The number of anilines is 1. The fourth-order valence-corrected chi connectivity index (χ4v) is 2.66. The molecule has 0 spiro atoms. The molecule has 0 aliphatic carbocycles. The van der Waals surface area contributed by atoms with E-state index in [0.29, 0.717) is 19.8 Å². The smallest absolute Gasteiger partial charge is 0.161 e. The van der Waals surface area contributed by atoms with Crippen molar-refractivity contribution in [1.82, 2.24) is 14.6 Å². The maximum atomic E-state index is 8.73. The summed E-state index contributed by atoms with van der Waals surface area (Å²) in [6.45, 7) is 5.57. The summed E-state index contributed by atoms with van der Waals surface area (Å²) < 4.78 is 7.13. The lowest BCUT2D eigenvalue weighted by atomic mass is 10.1. The number of fused-ring (bicyclic) bond motifs is 1. The van der Waals surface area contributed by atoms with Gasteiger partial charge in [0.15, 0.2) is 5.65 Å². The Hall–Kier alpha value is -2.44. The molecule has 6 nitrogen and oxygen atoms in total. The van der Waals surface area contributed by atoms with Crippen LogP contribution in [0.2, 0.25) is 0 Å². The molecule has 2 aromatic heterocycles. The zero-order chi connectivity index (χ0) is 16.9. The van der Waals surface area contributed by atoms with Gasteiger partial charge >= 0.3 is 0 Å². The highest BCUT2D eigenvalue weighted by Gasteiger charge is 2.14. The minimum absolute atomic E-state index is 0.0391. The third kappa shape index (κ3) is 3.39. The molecule has 1 aromatic carbocycles. The van der Waals surface area contributed by atoms with Crippen LogP contribution in [0.5, 0.6) is 0 Å². The number of aromatic nitrogens is 3. The Morgan fingerprint density at radius 3 is 2.71 bits per heavy atom. The van der Waals surface area contributed by atoms with Crippen molar-refractivity contribution in [2.75, 3.05) is 31.7 Å². The fraction of sp³-hybridized carbons (Fsp3) is 0.333. The summed E-state index contributed by atoms with van der Waals surface area (Å²) in [5.41, 5.74) is 4.87. The van der Waals surface area contributed by atoms with E-state index in [2.05, 4.69) is 22.4 Å². The topological polar surface area (TPSA) is 71.7 Å². The van der Waals surface area contributed by atoms with Gasteiger partial charge in [0, 0.05) is 29.4 Å². The second-order valence-corrected chi connectivity index (χ2v) is 5.62. The van der Waals surface area contributed by atoms with Crippen LogP contribution in [-0.2, 0) is 4.74 Å². The van der Waals surface area contributed by atoms with Gasteiger partial charge in [0.05, 0.1) is 25.5 Å². The van der Waals surface area contributed by atoms with Crippen LogP contribution in [0.15, 0.2) is 36.4 Å². The lowest BCUT2D eigenvalue weighted by Gasteiger charge is -2.09. The van der Waals surface area contributed by atoms with Crippen LogP contribution in [0.1, 0.15) is 11.3 Å². The van der Waals surface area contributed by atoms with Crippen molar-refractivity contribution in [3.63, 3.8) is 0 Å². The predicted octanol–water partition coefficient (Wildman–Crippen LogP) is 2.43. The van der Waals surface area contributed by atoms with E-state index in [-0.39, 0.29) is 6.61 Å². The third-order valence-electron chi connectivity index (χ3n) is 3.78. The molecule has 0 aliphatic heterocycles. The summed E-state index contributed by atoms with van der Waals surface area (Å²) in [6.07, 6.45) is 0. The SMILES string of the molecule is Cc1cc(NCCOCCO)n2nc(-c3ccccc3)c(C)c2n1. The largest absolute Gasteiger partial charge is 0.394 e. The van der Waals surface area contributed by atoms with Crippen molar-refractivity contribution in [2.24, 2.45) is 0 Å². The number of hydrogen-bond acceptors (Lipinski definition) is 5. The van der Waals surface area contributed by atoms with Gasteiger partial charge in [-0.05, 0) is 13.8 Å². The Morgan fingerprint density at radius 2 is 1.96 bits per heavy atom. The maximum Gasteiger partial charge on any atom is 0.161 e. The van der Waals surface area contributed by atoms with Gasteiger partial charge in [0.25, 0.3) is 0 Å². The average molecular weight is 326 g/mol. The minimum atomic E-state index is 0.0391. The normalized spacial score (nSPS) is 11.1. The standard InChI is InChI=1S/C18H22N4O2/c1-13-12-16(19-8-10-24-11-9-23)22-18(20-13)14(2)17(21-22)15-6-4-3-5-7-15/h3-7,12,19,23H,8-11H2,1-2H3. The van der Waals surface area contributed by atoms with E-state index >= 15 is 0 Å². The van der Waals surface area contributed by atoms with Crippen molar-refractivity contribution in [3.8, 4) is 11.3 Å². The van der Waals surface area contributed by atoms with Gasteiger partial charge in [-0.15, -0.1) is 0 Å². The van der Waals surface area contributed by atoms with Crippen molar-refractivity contribution in [1.29, 1.82) is 0 Å². The second kappa shape index (κ2) is 7.42. The van der Waals surface area contributed by atoms with Crippen LogP contribution in [0.25, 0.3) is 16.9 Å². The molecule has 0 atom stereocenters. The number of rotatable bonds is 7. The van der Waals surface area contributed by atoms with Gasteiger partial charge in [-0.2, -0.15) is 9.61 Å². The summed E-state index contributed by atoms with van der Waals surface area (Å²) in [6, 6.07) is 12.1. The van der Waals surface area contributed by atoms with E-state index < -0.39 is 0 Å². The quantitative estimate of drug-likeness (QED) is 0.653. The molecule has 3 rings (SSSR count). The number of benzene rings is 1. The average Bonchev–Trinajstić information content (AvgIpc) is 2.92. The Balaban J connectivity index is 1.92. The third-order valence-corrected chi connectivity index (χ3v) is 3.78. The van der Waals surface area contributed by atoms with E-state index in [0.717, 1.165) is 34.0 Å². The minimum Gasteiger partial charge on any atom is -0.394 e. The molecule has 6 heteroatoms. The first-order valence-electron chi connectivity index (χ1n) is 8.05. The molecule has 2 heterocycles. The van der Waals surface area contributed by atoms with Gasteiger partial charge in [-0.25, -0.2) is 4.98 Å². The summed E-state index contributed by atoms with van der Waals surface area (Å²) in [4.78, 5) is 4.64. The van der Waals surface area contributed by atoms with Crippen molar-refractivity contribution < 1.29 is 9.84 Å². The number of aliphatic hydroxyl groups is 1. The fourth-order valence-electron chi connectivity index (χ4n) is 2.66. The van der Waals surface area contributed by atoms with Crippen LogP contribution in [0, 0.1) is 13.8 Å². The lowest BCUT2D eigenvalue weighted by Crippen LogP contribution is -2.14. The number of hydrogen-bond donors (Lipinski definition) is 2. The van der Waals surface area contributed by atoms with Gasteiger partial charge in [0.1, 0.15) is 5.82 Å². The van der Waals surface area contributed by atoms with Gasteiger partial charge in [-0.1, -0.05) is 30.3 Å². The van der Waals surface area contributed by atoms with Gasteiger partial charge < -0.3 is 15.2 Å². The molecule has 3 aromatic rings. The molecular weight excluding hydrogens is 304 g/mol. The number of nitrogens with zero attached hydrogens (tertiary/aromatic N) is 3. The van der Waals surface area contributed by atoms with E-state index in [9.17, 15) is 0 Å². The van der Waals surface area contributed by atoms with Crippen LogP contribution < -0.4 is 5.32 Å². The number of aliphatic hydroxyl groups excluding tert-OH is 1. The summed E-state index contributed by atoms with van der Waals surface area (Å²) in [7, 11) is 0. The van der Waals surface area contributed by atoms with E-state index in [1.54, 1.807) is 0 Å². The lowest BCUT2D eigenvalue weighted by molar-refractivity contribution is 0.0991. The zero-order valence-electron chi connectivity index (χ0n) is 14.0. The molecule has 0 saturated heterocycles. The first kappa shape index (κ1) is 16.4. The molecule has 24 heavy (non-hydrogen) atoms. The van der Waals surface area contributed by atoms with Crippen molar-refractivity contribution in [2.45, 2.75) is 13.8 Å². The molecule has 0 saturated carbocycles. The van der Waals surface area contributed by atoms with Crippen molar-refractivity contribution in [3.05, 3.63) is 47.7 Å². The second-order valence-electron chi connectivity index (χ2n) is 5.62. The predicted molar refractivity (Wildman–Crippen MR) is 94.3 cm³/mol. The molecular formula is C18H22N4O2. The highest BCUT2D eigenvalue weighted by Crippen LogP contribution is 2.26. The monoisotopic (exact) mass is 326 g/mol. The Kier molecular flexibility index (Phi) is 5.08. The molecule has 0 aliphatic rings. The van der Waals surface area contributed by atoms with E-state index in [1.807, 2.05) is 42.6 Å². The summed E-state index contributed by atoms with van der Waals surface area (Å²) in [5.74, 6) is 0.885. The molecule has 0 bridgehead atoms. The van der Waals surface area contributed by atoms with Crippen LogP contribution >= 0.6 is 0 Å². The number of nitrogens with one attached hydrogen (secondary N) is 1. The molecule has 0 radical (unpaired) electrons. The van der Waals surface area contributed by atoms with Gasteiger partial charge in [-0.3, -0.25) is 0 Å². The molecule has 126 valence electrons. The van der Waals surface area contributed by atoms with Crippen molar-refractivity contribution >= 4 is 11.5 Å². The van der Waals surface area contributed by atoms with Crippen LogP contribution in [0.3, 0.4) is 0 Å². The Bertz CT molecular complexity index is 815. The number of ether oxygens (including phenoxy) is 1. The Morgan fingerprint density at radius 1 is 1.17 bits per heavy atom. The van der Waals surface area contributed by atoms with Crippen LogP contribution in [0.4, 0.5) is 5.82 Å². The number of aryl methyl sites for hydroxylation is 2. The summed E-state index contributed by atoms with van der Waals surface area (Å²) in [5, 5.41) is 16.8. The first-order chi connectivity index (χ1) is 11.7. The molecule has 0 amide bonds. The van der Waals surface area contributed by atoms with Gasteiger partial charge in [0.2, 0.25) is 0 Å².